The Kier molecular flexibility index (Phi) is 3.84. The van der Waals surface area contributed by atoms with Gasteiger partial charge in [0.25, 0.3) is 5.92 Å². The van der Waals surface area contributed by atoms with Crippen molar-refractivity contribution in [3.63, 3.8) is 0 Å². The maximum atomic E-state index is 13.2. The van der Waals surface area contributed by atoms with Crippen LogP contribution in [0.25, 0.3) is 22.9 Å². The Labute approximate surface area is 135 Å². The Hall–Kier alpha value is -3.09. The second kappa shape index (κ2) is 5.84. The molecule has 3 rings (SSSR count). The van der Waals surface area contributed by atoms with Gasteiger partial charge in [-0.05, 0) is 30.3 Å². The molecule has 0 aliphatic heterocycles. The zero-order chi connectivity index (χ0) is 17.3. The van der Waals surface area contributed by atoms with Crippen LogP contribution in [-0.4, -0.2) is 21.3 Å². The fraction of sp³-hybridized carbons (Fsp3) is 0.118. The third-order valence-corrected chi connectivity index (χ3v) is 3.42. The Morgan fingerprint density at radius 3 is 2.25 bits per heavy atom. The van der Waals surface area contributed by atoms with Gasteiger partial charge in [-0.1, -0.05) is 18.2 Å². The molecule has 3 aromatic rings. The van der Waals surface area contributed by atoms with Gasteiger partial charge >= 0.3 is 5.97 Å². The highest BCUT2D eigenvalue weighted by Crippen LogP contribution is 2.30. The van der Waals surface area contributed by atoms with Crippen LogP contribution in [0.2, 0.25) is 0 Å². The van der Waals surface area contributed by atoms with E-state index in [0.29, 0.717) is 11.1 Å². The highest BCUT2D eigenvalue weighted by atomic mass is 19.3. The number of benzene rings is 2. The van der Waals surface area contributed by atoms with Gasteiger partial charge in [-0.2, -0.15) is 0 Å². The number of carbonyl (C=O) groups is 1. The van der Waals surface area contributed by atoms with Gasteiger partial charge in [0, 0.05) is 23.6 Å². The normalized spacial score (nSPS) is 11.5. The molecule has 0 spiro atoms. The number of aromatic carboxylic acids is 1. The lowest BCUT2D eigenvalue weighted by atomic mass is 10.1. The summed E-state index contributed by atoms with van der Waals surface area (Å²) in [5.41, 5.74) is 0.948. The maximum absolute atomic E-state index is 13.2. The second-order valence-electron chi connectivity index (χ2n) is 5.26. The van der Waals surface area contributed by atoms with Crippen LogP contribution < -0.4 is 0 Å². The van der Waals surface area contributed by atoms with E-state index in [9.17, 15) is 13.6 Å². The number of halogens is 2. The molecule has 2 aromatic carbocycles. The summed E-state index contributed by atoms with van der Waals surface area (Å²) in [6.45, 7) is 0.822. The van der Waals surface area contributed by atoms with Gasteiger partial charge in [0.05, 0.1) is 5.56 Å². The molecule has 0 radical (unpaired) electrons. The Morgan fingerprint density at radius 1 is 1.04 bits per heavy atom. The first-order valence-electron chi connectivity index (χ1n) is 7.00. The van der Waals surface area contributed by atoms with E-state index >= 15 is 0 Å². The van der Waals surface area contributed by atoms with Crippen LogP contribution in [0.3, 0.4) is 0 Å². The van der Waals surface area contributed by atoms with Crippen molar-refractivity contribution in [2.75, 3.05) is 0 Å². The van der Waals surface area contributed by atoms with E-state index in [1.807, 2.05) is 0 Å². The largest absolute Gasteiger partial charge is 0.478 e. The Balaban J connectivity index is 1.91. The molecule has 0 amide bonds. The molecule has 0 aliphatic carbocycles. The van der Waals surface area contributed by atoms with E-state index in [1.54, 1.807) is 12.1 Å². The van der Waals surface area contributed by atoms with Crippen molar-refractivity contribution in [3.05, 3.63) is 59.7 Å². The quantitative estimate of drug-likeness (QED) is 0.775. The molecule has 0 saturated carbocycles. The minimum atomic E-state index is -2.92. The van der Waals surface area contributed by atoms with Crippen LogP contribution in [0.1, 0.15) is 22.8 Å². The van der Waals surface area contributed by atoms with Crippen molar-refractivity contribution in [1.29, 1.82) is 0 Å². The summed E-state index contributed by atoms with van der Waals surface area (Å²) in [5.74, 6) is -3.67. The lowest BCUT2D eigenvalue weighted by molar-refractivity contribution is 0.0175. The van der Waals surface area contributed by atoms with Crippen LogP contribution in [0, 0.1) is 0 Å². The van der Waals surface area contributed by atoms with Crippen molar-refractivity contribution < 1.29 is 23.1 Å². The monoisotopic (exact) mass is 330 g/mol. The van der Waals surface area contributed by atoms with Crippen molar-refractivity contribution in [2.45, 2.75) is 12.8 Å². The molecular weight excluding hydrogens is 318 g/mol. The number of rotatable bonds is 4. The molecule has 7 heteroatoms. The van der Waals surface area contributed by atoms with Crippen molar-refractivity contribution >= 4 is 5.97 Å². The Morgan fingerprint density at radius 2 is 1.67 bits per heavy atom. The SMILES string of the molecule is CC(F)(F)c1ccc(-c2nnc(-c3cccc(C(=O)O)c3)o2)cc1. The smallest absolute Gasteiger partial charge is 0.335 e. The average molecular weight is 330 g/mol. The number of nitrogens with zero attached hydrogens (tertiary/aromatic N) is 2. The molecule has 0 aliphatic rings. The van der Waals surface area contributed by atoms with Crippen molar-refractivity contribution in [2.24, 2.45) is 0 Å². The summed E-state index contributed by atoms with van der Waals surface area (Å²) < 4.78 is 31.9. The molecular formula is C17H12F2N2O3. The van der Waals surface area contributed by atoms with E-state index in [2.05, 4.69) is 10.2 Å². The van der Waals surface area contributed by atoms with Gasteiger partial charge < -0.3 is 9.52 Å². The first-order valence-corrected chi connectivity index (χ1v) is 7.00. The molecule has 1 heterocycles. The molecule has 0 bridgehead atoms. The fourth-order valence-electron chi connectivity index (χ4n) is 2.15. The number of hydrogen-bond donors (Lipinski definition) is 1. The van der Waals surface area contributed by atoms with Gasteiger partial charge in [0.1, 0.15) is 0 Å². The van der Waals surface area contributed by atoms with Crippen molar-refractivity contribution in [3.8, 4) is 22.9 Å². The standard InChI is InChI=1S/C17H12F2N2O3/c1-17(18,19)13-7-5-10(6-8-13)14-20-21-15(24-14)11-3-2-4-12(9-11)16(22)23/h2-9H,1H3,(H,22,23). The van der Waals surface area contributed by atoms with Crippen LogP contribution in [0.5, 0.6) is 0 Å². The highest BCUT2D eigenvalue weighted by molar-refractivity contribution is 5.88. The highest BCUT2D eigenvalue weighted by Gasteiger charge is 2.24. The van der Waals surface area contributed by atoms with Gasteiger partial charge in [0.2, 0.25) is 11.8 Å². The van der Waals surface area contributed by atoms with Crippen LogP contribution in [0.4, 0.5) is 8.78 Å². The molecule has 24 heavy (non-hydrogen) atoms. The molecule has 5 nitrogen and oxygen atoms in total. The molecule has 0 unspecified atom stereocenters. The van der Waals surface area contributed by atoms with Gasteiger partial charge in [-0.3, -0.25) is 0 Å². The maximum Gasteiger partial charge on any atom is 0.335 e. The number of hydrogen-bond acceptors (Lipinski definition) is 4. The van der Waals surface area contributed by atoms with Gasteiger partial charge in [0.15, 0.2) is 0 Å². The summed E-state index contributed by atoms with van der Waals surface area (Å²) in [4.78, 5) is 11.0. The molecule has 1 N–H and O–H groups in total. The lowest BCUT2D eigenvalue weighted by Crippen LogP contribution is -2.06. The van der Waals surface area contributed by atoms with Crippen LogP contribution in [-0.2, 0) is 5.92 Å². The third kappa shape index (κ3) is 3.15. The number of alkyl halides is 2. The van der Waals surface area contributed by atoms with E-state index in [0.717, 1.165) is 6.92 Å². The zero-order valence-corrected chi connectivity index (χ0v) is 12.5. The summed E-state index contributed by atoms with van der Waals surface area (Å²) in [7, 11) is 0. The average Bonchev–Trinajstić information content (AvgIpc) is 3.04. The molecule has 0 fully saturated rings. The third-order valence-electron chi connectivity index (χ3n) is 3.42. The summed E-state index contributed by atoms with van der Waals surface area (Å²) >= 11 is 0. The topological polar surface area (TPSA) is 76.2 Å². The van der Waals surface area contributed by atoms with E-state index in [4.69, 9.17) is 9.52 Å². The fourth-order valence-corrected chi connectivity index (χ4v) is 2.15. The minimum absolute atomic E-state index is 0.0989. The number of aromatic nitrogens is 2. The van der Waals surface area contributed by atoms with Crippen LogP contribution in [0.15, 0.2) is 52.9 Å². The number of carboxylic acids is 1. The number of carboxylic acid groups (broad SMARTS) is 1. The summed E-state index contributed by atoms with van der Waals surface area (Å²) in [6, 6.07) is 11.6. The van der Waals surface area contributed by atoms with Crippen molar-refractivity contribution in [1.82, 2.24) is 10.2 Å². The lowest BCUT2D eigenvalue weighted by Gasteiger charge is -2.09. The van der Waals surface area contributed by atoms with Gasteiger partial charge in [-0.25, -0.2) is 13.6 Å². The minimum Gasteiger partial charge on any atom is -0.478 e. The summed E-state index contributed by atoms with van der Waals surface area (Å²) in [5, 5.41) is 16.8. The van der Waals surface area contributed by atoms with E-state index in [1.165, 1.54) is 36.4 Å². The van der Waals surface area contributed by atoms with E-state index in [-0.39, 0.29) is 22.9 Å². The van der Waals surface area contributed by atoms with Crippen LogP contribution >= 0.6 is 0 Å². The van der Waals surface area contributed by atoms with E-state index < -0.39 is 11.9 Å². The Bertz CT molecular complexity index is 883. The first-order chi connectivity index (χ1) is 11.3. The first kappa shape index (κ1) is 15.8. The molecule has 0 atom stereocenters. The second-order valence-corrected chi connectivity index (χ2v) is 5.26. The molecule has 122 valence electrons. The van der Waals surface area contributed by atoms with Gasteiger partial charge in [-0.15, -0.1) is 10.2 Å². The zero-order valence-electron chi connectivity index (χ0n) is 12.5. The molecule has 1 aromatic heterocycles. The predicted octanol–water partition coefficient (Wildman–Crippen LogP) is 4.21. The predicted molar refractivity (Wildman–Crippen MR) is 81.7 cm³/mol. The molecule has 0 saturated heterocycles. The summed E-state index contributed by atoms with van der Waals surface area (Å²) in [6.07, 6.45) is 0.